The molecule has 0 bridgehead atoms. The van der Waals surface area contributed by atoms with Gasteiger partial charge in [0.15, 0.2) is 6.10 Å². The van der Waals surface area contributed by atoms with Crippen molar-refractivity contribution < 1.29 is 14.3 Å². The molecule has 0 saturated carbocycles. The zero-order valence-corrected chi connectivity index (χ0v) is 16.3. The standard InChI is InChI=1S/C22H29NO3/c1-15(2)20-11-6-7-12-21(20)26-17(5)22(24)23-14-18-9-8-10-19(13-18)25-16(3)4/h6-13,15-17H,14H2,1-5H3,(H,23,24). The summed E-state index contributed by atoms with van der Waals surface area (Å²) in [6, 6.07) is 15.6. The highest BCUT2D eigenvalue weighted by Gasteiger charge is 2.17. The molecule has 26 heavy (non-hydrogen) atoms. The molecule has 0 radical (unpaired) electrons. The molecule has 1 N–H and O–H groups in total. The van der Waals surface area contributed by atoms with Crippen LogP contribution < -0.4 is 14.8 Å². The second-order valence-corrected chi connectivity index (χ2v) is 6.98. The Morgan fingerprint density at radius 3 is 2.38 bits per heavy atom. The van der Waals surface area contributed by atoms with Crippen LogP contribution in [0.15, 0.2) is 48.5 Å². The summed E-state index contributed by atoms with van der Waals surface area (Å²) in [5, 5.41) is 2.93. The number of amides is 1. The first kappa shape index (κ1) is 19.8. The summed E-state index contributed by atoms with van der Waals surface area (Å²) < 4.78 is 11.6. The molecule has 0 aliphatic carbocycles. The minimum Gasteiger partial charge on any atom is -0.491 e. The number of carbonyl (C=O) groups is 1. The summed E-state index contributed by atoms with van der Waals surface area (Å²) in [6.45, 7) is 10.4. The Labute approximate surface area is 156 Å². The number of carbonyl (C=O) groups excluding carboxylic acids is 1. The minimum absolute atomic E-state index is 0.120. The van der Waals surface area contributed by atoms with Crippen molar-refractivity contribution in [1.82, 2.24) is 5.32 Å². The molecule has 1 atom stereocenters. The van der Waals surface area contributed by atoms with Crippen molar-refractivity contribution in [3.8, 4) is 11.5 Å². The molecule has 4 nitrogen and oxygen atoms in total. The highest BCUT2D eigenvalue weighted by atomic mass is 16.5. The molecule has 0 saturated heterocycles. The summed E-state index contributed by atoms with van der Waals surface area (Å²) in [4.78, 5) is 12.4. The molecule has 0 spiro atoms. The number of ether oxygens (including phenoxy) is 2. The molecule has 0 heterocycles. The Morgan fingerprint density at radius 2 is 1.69 bits per heavy atom. The van der Waals surface area contributed by atoms with E-state index in [0.717, 1.165) is 22.6 Å². The van der Waals surface area contributed by atoms with Gasteiger partial charge in [-0.05, 0) is 56.0 Å². The number of hydrogen-bond acceptors (Lipinski definition) is 3. The van der Waals surface area contributed by atoms with Crippen LogP contribution in [0.3, 0.4) is 0 Å². The Kier molecular flexibility index (Phi) is 7.07. The first-order valence-corrected chi connectivity index (χ1v) is 9.15. The fourth-order valence-corrected chi connectivity index (χ4v) is 2.64. The Morgan fingerprint density at radius 1 is 0.962 bits per heavy atom. The SMILES string of the molecule is CC(C)Oc1cccc(CNC(=O)C(C)Oc2ccccc2C(C)C)c1. The van der Waals surface area contributed by atoms with Gasteiger partial charge in [-0.3, -0.25) is 4.79 Å². The monoisotopic (exact) mass is 355 g/mol. The van der Waals surface area contributed by atoms with Crippen LogP contribution >= 0.6 is 0 Å². The molecule has 0 aromatic heterocycles. The summed E-state index contributed by atoms with van der Waals surface area (Å²) in [7, 11) is 0. The van der Waals surface area contributed by atoms with Crippen molar-refractivity contribution in [1.29, 1.82) is 0 Å². The topological polar surface area (TPSA) is 47.6 Å². The van der Waals surface area contributed by atoms with Crippen LogP contribution in [0.2, 0.25) is 0 Å². The van der Waals surface area contributed by atoms with E-state index in [1.165, 1.54) is 0 Å². The average Bonchev–Trinajstić information content (AvgIpc) is 2.59. The van der Waals surface area contributed by atoms with Crippen LogP contribution in [0.5, 0.6) is 11.5 Å². The van der Waals surface area contributed by atoms with Gasteiger partial charge in [-0.1, -0.05) is 44.2 Å². The fourth-order valence-electron chi connectivity index (χ4n) is 2.64. The van der Waals surface area contributed by atoms with Gasteiger partial charge in [-0.2, -0.15) is 0 Å². The third-order valence-electron chi connectivity index (χ3n) is 3.95. The predicted octanol–water partition coefficient (Wildman–Crippen LogP) is 4.68. The van der Waals surface area contributed by atoms with Gasteiger partial charge < -0.3 is 14.8 Å². The van der Waals surface area contributed by atoms with Crippen LogP contribution in [-0.4, -0.2) is 18.1 Å². The van der Waals surface area contributed by atoms with Gasteiger partial charge in [0.1, 0.15) is 11.5 Å². The maximum absolute atomic E-state index is 12.4. The molecule has 0 aliphatic heterocycles. The van der Waals surface area contributed by atoms with Crippen LogP contribution in [0, 0.1) is 0 Å². The molecule has 2 aromatic rings. The minimum atomic E-state index is -0.565. The first-order chi connectivity index (χ1) is 12.4. The molecule has 2 rings (SSSR count). The van der Waals surface area contributed by atoms with Crippen LogP contribution in [0.4, 0.5) is 0 Å². The summed E-state index contributed by atoms with van der Waals surface area (Å²) in [5.74, 6) is 1.77. The fraction of sp³-hybridized carbons (Fsp3) is 0.409. The Bertz CT molecular complexity index is 725. The van der Waals surface area contributed by atoms with Crippen molar-refractivity contribution in [2.45, 2.75) is 59.3 Å². The van der Waals surface area contributed by atoms with Crippen LogP contribution in [0.25, 0.3) is 0 Å². The van der Waals surface area contributed by atoms with E-state index in [1.807, 2.05) is 62.4 Å². The molecule has 1 unspecified atom stereocenters. The van der Waals surface area contributed by atoms with Gasteiger partial charge >= 0.3 is 0 Å². The lowest BCUT2D eigenvalue weighted by Gasteiger charge is -2.19. The average molecular weight is 355 g/mol. The van der Waals surface area contributed by atoms with E-state index in [9.17, 15) is 4.79 Å². The second kappa shape index (κ2) is 9.27. The lowest BCUT2D eigenvalue weighted by molar-refractivity contribution is -0.127. The van der Waals surface area contributed by atoms with Gasteiger partial charge in [0.25, 0.3) is 5.91 Å². The van der Waals surface area contributed by atoms with E-state index in [2.05, 4.69) is 19.2 Å². The van der Waals surface area contributed by atoms with E-state index >= 15 is 0 Å². The highest BCUT2D eigenvalue weighted by Crippen LogP contribution is 2.26. The number of nitrogens with one attached hydrogen (secondary N) is 1. The third-order valence-corrected chi connectivity index (χ3v) is 3.95. The van der Waals surface area contributed by atoms with Crippen molar-refractivity contribution in [3.05, 3.63) is 59.7 Å². The van der Waals surface area contributed by atoms with Crippen molar-refractivity contribution in [3.63, 3.8) is 0 Å². The smallest absolute Gasteiger partial charge is 0.261 e. The zero-order valence-electron chi connectivity index (χ0n) is 16.3. The van der Waals surface area contributed by atoms with Crippen molar-refractivity contribution in [2.75, 3.05) is 0 Å². The van der Waals surface area contributed by atoms with E-state index in [1.54, 1.807) is 6.92 Å². The number of hydrogen-bond donors (Lipinski definition) is 1. The number of para-hydroxylation sites is 1. The number of rotatable bonds is 8. The van der Waals surface area contributed by atoms with Crippen LogP contribution in [0.1, 0.15) is 51.7 Å². The summed E-state index contributed by atoms with van der Waals surface area (Å²) in [6.07, 6.45) is -0.445. The third kappa shape index (κ3) is 5.80. The quantitative estimate of drug-likeness (QED) is 0.748. The van der Waals surface area contributed by atoms with E-state index in [-0.39, 0.29) is 12.0 Å². The Balaban J connectivity index is 1.94. The summed E-state index contributed by atoms with van der Waals surface area (Å²) in [5.41, 5.74) is 2.09. The van der Waals surface area contributed by atoms with Gasteiger partial charge in [0.2, 0.25) is 0 Å². The molecular formula is C22H29NO3. The van der Waals surface area contributed by atoms with Crippen LogP contribution in [-0.2, 0) is 11.3 Å². The van der Waals surface area contributed by atoms with E-state index < -0.39 is 6.10 Å². The maximum atomic E-state index is 12.4. The predicted molar refractivity (Wildman–Crippen MR) is 105 cm³/mol. The lowest BCUT2D eigenvalue weighted by Crippen LogP contribution is -2.36. The van der Waals surface area contributed by atoms with Gasteiger partial charge in [0.05, 0.1) is 6.10 Å². The lowest BCUT2D eigenvalue weighted by atomic mass is 10.0. The Hall–Kier alpha value is -2.49. The van der Waals surface area contributed by atoms with Gasteiger partial charge in [-0.25, -0.2) is 0 Å². The normalized spacial score (nSPS) is 12.1. The van der Waals surface area contributed by atoms with E-state index in [4.69, 9.17) is 9.47 Å². The molecule has 0 aliphatic rings. The van der Waals surface area contributed by atoms with Gasteiger partial charge in [-0.15, -0.1) is 0 Å². The molecular weight excluding hydrogens is 326 g/mol. The summed E-state index contributed by atoms with van der Waals surface area (Å²) >= 11 is 0. The van der Waals surface area contributed by atoms with E-state index in [0.29, 0.717) is 12.5 Å². The highest BCUT2D eigenvalue weighted by molar-refractivity contribution is 5.80. The molecule has 0 fully saturated rings. The second-order valence-electron chi connectivity index (χ2n) is 6.98. The molecule has 140 valence electrons. The van der Waals surface area contributed by atoms with Crippen molar-refractivity contribution >= 4 is 5.91 Å². The molecule has 2 aromatic carbocycles. The first-order valence-electron chi connectivity index (χ1n) is 9.15. The number of benzene rings is 2. The largest absolute Gasteiger partial charge is 0.491 e. The molecule has 1 amide bonds. The maximum Gasteiger partial charge on any atom is 0.261 e. The zero-order chi connectivity index (χ0) is 19.1. The van der Waals surface area contributed by atoms with Crippen molar-refractivity contribution in [2.24, 2.45) is 0 Å². The molecule has 4 heteroatoms. The van der Waals surface area contributed by atoms with Gasteiger partial charge in [0, 0.05) is 6.54 Å².